The molecule has 0 radical (unpaired) electrons. The second kappa shape index (κ2) is 16.5. The number of sulfonamides is 1. The molecule has 13 nitrogen and oxygen atoms in total. The van der Waals surface area contributed by atoms with Gasteiger partial charge in [0, 0.05) is 67.3 Å². The van der Waals surface area contributed by atoms with Crippen LogP contribution in [-0.2, 0) is 14.8 Å². The molecule has 0 atom stereocenters. The van der Waals surface area contributed by atoms with Crippen molar-refractivity contribution in [3.8, 4) is 0 Å². The monoisotopic (exact) mass is 774 g/mol. The first kappa shape index (κ1) is 37.8. The Labute approximate surface area is 320 Å². The number of halogens is 1. The van der Waals surface area contributed by atoms with Crippen molar-refractivity contribution >= 4 is 67.6 Å². The second-order valence-electron chi connectivity index (χ2n) is 14.6. The molecule has 1 aliphatic carbocycles. The molecule has 2 aliphatic heterocycles. The Morgan fingerprint density at radius 3 is 2.37 bits per heavy atom. The number of hydrogen-bond donors (Lipinski definition) is 3. The number of imide groups is 1. The van der Waals surface area contributed by atoms with Gasteiger partial charge in [0.1, 0.15) is 10.7 Å². The summed E-state index contributed by atoms with van der Waals surface area (Å²) in [6.07, 6.45) is 12.0. The van der Waals surface area contributed by atoms with Crippen LogP contribution in [0.3, 0.4) is 0 Å². The van der Waals surface area contributed by atoms with Gasteiger partial charge in [0.05, 0.1) is 4.90 Å². The molecule has 4 heterocycles. The molecule has 0 bridgehead atoms. The Morgan fingerprint density at radius 1 is 0.907 bits per heavy atom. The van der Waals surface area contributed by atoms with Gasteiger partial charge >= 0.3 is 6.03 Å². The Bertz CT molecular complexity index is 2180. The fraction of sp³-hybridized carbons (Fsp3) is 0.462. The third-order valence-corrected chi connectivity index (χ3v) is 12.7. The number of aromatic nitrogens is 3. The minimum atomic E-state index is -3.68. The number of fused-ring (bicyclic) bond motifs is 1. The predicted octanol–water partition coefficient (Wildman–Crippen LogP) is 6.81. The summed E-state index contributed by atoms with van der Waals surface area (Å²) in [7, 11) is -3.68. The Morgan fingerprint density at radius 2 is 1.65 bits per heavy atom. The second-order valence-corrected chi connectivity index (χ2v) is 16.8. The van der Waals surface area contributed by atoms with Crippen molar-refractivity contribution in [2.45, 2.75) is 88.5 Å². The zero-order chi connectivity index (χ0) is 37.8. The summed E-state index contributed by atoms with van der Waals surface area (Å²) in [6.45, 7) is 4.55. The van der Waals surface area contributed by atoms with E-state index in [1.807, 2.05) is 31.2 Å². The third kappa shape index (κ3) is 8.55. The molecule has 3 N–H and O–H groups in total. The molecule has 7 rings (SSSR count). The highest BCUT2D eigenvalue weighted by Gasteiger charge is 2.26. The summed E-state index contributed by atoms with van der Waals surface area (Å²) < 4.78 is 30.7. The number of amides is 3. The highest BCUT2D eigenvalue weighted by Crippen LogP contribution is 2.32. The lowest BCUT2D eigenvalue weighted by atomic mass is 9.91. The third-order valence-electron chi connectivity index (χ3n) is 11.0. The van der Waals surface area contributed by atoms with E-state index >= 15 is 0 Å². The van der Waals surface area contributed by atoms with Crippen molar-refractivity contribution in [2.75, 3.05) is 41.3 Å². The molecule has 3 amide bonds. The van der Waals surface area contributed by atoms with Crippen molar-refractivity contribution in [1.29, 1.82) is 0 Å². The summed E-state index contributed by atoms with van der Waals surface area (Å²) in [6, 6.07) is 14.2. The summed E-state index contributed by atoms with van der Waals surface area (Å²) in [4.78, 5) is 49.9. The minimum absolute atomic E-state index is 0.0515. The molecule has 2 aromatic carbocycles. The Kier molecular flexibility index (Phi) is 11.5. The van der Waals surface area contributed by atoms with Gasteiger partial charge in [-0.2, -0.15) is 4.98 Å². The van der Waals surface area contributed by atoms with E-state index in [4.69, 9.17) is 11.6 Å². The Hall–Kier alpha value is -4.53. The molecular weight excluding hydrogens is 728 g/mol. The SMILES string of the molecule is Cc1cc(S(=O)(=O)NCCCCCC2CCN(c3ccc(N4CCC(=O)NC4=O)cc3)CC2)ccc1Nc1ncc2cc(Cl)c(=O)n(C3CCCC3)c2n1. The molecule has 3 aliphatic rings. The topological polar surface area (TPSA) is 159 Å². The van der Waals surface area contributed by atoms with Crippen LogP contribution in [0.5, 0.6) is 0 Å². The van der Waals surface area contributed by atoms with Gasteiger partial charge in [0.15, 0.2) is 0 Å². The number of pyridine rings is 1. The Balaban J connectivity index is 0.846. The normalized spacial score (nSPS) is 17.4. The average Bonchev–Trinajstić information content (AvgIpc) is 3.70. The lowest BCUT2D eigenvalue weighted by molar-refractivity contribution is -0.120. The first-order valence-corrected chi connectivity index (χ1v) is 20.8. The maximum absolute atomic E-state index is 13.1. The first-order valence-electron chi connectivity index (χ1n) is 19.0. The van der Waals surface area contributed by atoms with Crippen molar-refractivity contribution in [3.63, 3.8) is 0 Å². The molecule has 2 aromatic heterocycles. The van der Waals surface area contributed by atoms with E-state index in [1.165, 1.54) is 0 Å². The molecule has 286 valence electrons. The van der Waals surface area contributed by atoms with Crippen LogP contribution >= 0.6 is 11.6 Å². The number of piperidine rings is 1. The van der Waals surface area contributed by atoms with E-state index in [0.717, 1.165) is 94.2 Å². The fourth-order valence-electron chi connectivity index (χ4n) is 7.87. The van der Waals surface area contributed by atoms with Gasteiger partial charge in [-0.15, -0.1) is 0 Å². The molecule has 2 saturated heterocycles. The van der Waals surface area contributed by atoms with Crippen molar-refractivity contribution in [1.82, 2.24) is 24.6 Å². The first-order chi connectivity index (χ1) is 26.1. The van der Waals surface area contributed by atoms with E-state index in [-0.39, 0.29) is 33.5 Å². The lowest BCUT2D eigenvalue weighted by Crippen LogP contribution is -2.49. The molecule has 0 unspecified atom stereocenters. The highest BCUT2D eigenvalue weighted by atomic mass is 35.5. The number of hydrogen-bond acceptors (Lipinski definition) is 9. The zero-order valence-electron chi connectivity index (χ0n) is 30.5. The van der Waals surface area contributed by atoms with Gasteiger partial charge in [0.2, 0.25) is 21.9 Å². The van der Waals surface area contributed by atoms with Gasteiger partial charge in [0.25, 0.3) is 5.56 Å². The van der Waals surface area contributed by atoms with Gasteiger partial charge < -0.3 is 10.2 Å². The quantitative estimate of drug-likeness (QED) is 0.124. The number of urea groups is 1. The van der Waals surface area contributed by atoms with Crippen LogP contribution < -0.4 is 30.7 Å². The predicted molar refractivity (Wildman–Crippen MR) is 211 cm³/mol. The van der Waals surface area contributed by atoms with Crippen LogP contribution in [0.1, 0.15) is 82.2 Å². The molecular formula is C39H47ClN8O5S. The number of benzene rings is 2. The van der Waals surface area contributed by atoms with E-state index in [1.54, 1.807) is 39.9 Å². The summed E-state index contributed by atoms with van der Waals surface area (Å²) >= 11 is 6.27. The number of unbranched alkanes of at least 4 members (excludes halogenated alkanes) is 2. The lowest BCUT2D eigenvalue weighted by Gasteiger charge is -2.34. The summed E-state index contributed by atoms with van der Waals surface area (Å²) in [5.74, 6) is 0.729. The van der Waals surface area contributed by atoms with Crippen molar-refractivity contribution in [2.24, 2.45) is 5.92 Å². The van der Waals surface area contributed by atoms with Crippen molar-refractivity contribution < 1.29 is 18.0 Å². The summed E-state index contributed by atoms with van der Waals surface area (Å²) in [5, 5.41) is 6.42. The zero-order valence-corrected chi connectivity index (χ0v) is 32.1. The van der Waals surface area contributed by atoms with Gasteiger partial charge in [-0.25, -0.2) is 22.9 Å². The van der Waals surface area contributed by atoms with E-state index < -0.39 is 10.0 Å². The van der Waals surface area contributed by atoms with Crippen LogP contribution in [0.2, 0.25) is 5.02 Å². The van der Waals surface area contributed by atoms with Crippen LogP contribution in [0.25, 0.3) is 11.0 Å². The molecule has 3 fully saturated rings. The average molecular weight is 775 g/mol. The molecule has 15 heteroatoms. The fourth-order valence-corrected chi connectivity index (χ4v) is 9.24. The van der Waals surface area contributed by atoms with Gasteiger partial charge in [-0.1, -0.05) is 43.7 Å². The molecule has 0 spiro atoms. The van der Waals surface area contributed by atoms with E-state index in [0.29, 0.717) is 48.1 Å². The smallest absolute Gasteiger partial charge is 0.328 e. The van der Waals surface area contributed by atoms with E-state index in [9.17, 15) is 22.8 Å². The largest absolute Gasteiger partial charge is 0.372 e. The van der Waals surface area contributed by atoms with Crippen molar-refractivity contribution in [3.05, 3.63) is 75.7 Å². The van der Waals surface area contributed by atoms with Gasteiger partial charge in [-0.3, -0.25) is 24.4 Å². The number of nitrogens with one attached hydrogen (secondary N) is 3. The maximum atomic E-state index is 13.1. The van der Waals surface area contributed by atoms with Crippen LogP contribution in [0, 0.1) is 12.8 Å². The highest BCUT2D eigenvalue weighted by molar-refractivity contribution is 7.89. The molecule has 1 saturated carbocycles. The van der Waals surface area contributed by atoms with E-state index in [2.05, 4.69) is 30.2 Å². The summed E-state index contributed by atoms with van der Waals surface area (Å²) in [5.41, 5.74) is 3.60. The molecule has 54 heavy (non-hydrogen) atoms. The standard InChI is InChI=1S/C39H47ClN8O5S/c1-26-23-32(14-15-34(26)43-38-41-25-28-24-33(40)37(50)48(36(28)45-38)31-8-4-5-9-31)54(52,53)42-19-6-2-3-7-27-16-20-46(21-17-27)29-10-12-30(13-11-29)47-22-18-35(49)44-39(47)51/h10-15,23-25,27,31,42H,2-9,16-22H2,1H3,(H,41,43,45)(H,44,49,51). The number of aryl methyl sites for hydroxylation is 1. The number of nitrogens with zero attached hydrogens (tertiary/aromatic N) is 5. The number of carbonyl (C=O) groups excluding carboxylic acids is 2. The number of anilines is 4. The molecule has 4 aromatic rings. The van der Waals surface area contributed by atoms with Crippen LogP contribution in [0.4, 0.5) is 27.8 Å². The van der Waals surface area contributed by atoms with Gasteiger partial charge in [-0.05, 0) is 99.0 Å². The van der Waals surface area contributed by atoms with Crippen LogP contribution in [0.15, 0.2) is 64.4 Å². The number of rotatable bonds is 13. The maximum Gasteiger partial charge on any atom is 0.328 e. The number of carbonyl (C=O) groups is 2. The minimum Gasteiger partial charge on any atom is -0.372 e. The van der Waals surface area contributed by atoms with Crippen LogP contribution in [-0.4, -0.2) is 61.1 Å².